The molecule has 1 aromatic heterocycles. The highest BCUT2D eigenvalue weighted by Gasteiger charge is 2.18. The van der Waals surface area contributed by atoms with Crippen LogP contribution >= 0.6 is 0 Å². The lowest BCUT2D eigenvalue weighted by Crippen LogP contribution is -2.38. The van der Waals surface area contributed by atoms with Gasteiger partial charge in [0.2, 0.25) is 0 Å². The Labute approximate surface area is 87.0 Å². The van der Waals surface area contributed by atoms with Gasteiger partial charge in [-0.15, -0.1) is 0 Å². The minimum absolute atomic E-state index is 0.118. The maximum atomic E-state index is 4.53. The molecule has 78 valence electrons. The number of anilines is 1. The van der Waals surface area contributed by atoms with Gasteiger partial charge >= 0.3 is 0 Å². The van der Waals surface area contributed by atoms with Gasteiger partial charge < -0.3 is 4.90 Å². The Balaban J connectivity index is 3.07. The Bertz CT molecular complexity index is 303. The van der Waals surface area contributed by atoms with Gasteiger partial charge in [-0.25, -0.2) is 4.98 Å². The van der Waals surface area contributed by atoms with Crippen molar-refractivity contribution in [3.05, 3.63) is 23.4 Å². The average molecular weight is 192 g/mol. The van der Waals surface area contributed by atoms with Crippen LogP contribution in [0.25, 0.3) is 0 Å². The SMILES string of the molecule is Cc1cc(C)nc(N(C)C(C)(C)C)c1. The lowest BCUT2D eigenvalue weighted by Gasteiger charge is -2.33. The molecular formula is C12H20N2. The summed E-state index contributed by atoms with van der Waals surface area (Å²) < 4.78 is 0. The molecule has 2 nitrogen and oxygen atoms in total. The van der Waals surface area contributed by atoms with E-state index in [1.165, 1.54) is 5.56 Å². The minimum atomic E-state index is 0.118. The summed E-state index contributed by atoms with van der Waals surface area (Å²) in [6, 6.07) is 4.22. The maximum absolute atomic E-state index is 4.53. The molecule has 0 aliphatic carbocycles. The van der Waals surface area contributed by atoms with E-state index < -0.39 is 0 Å². The monoisotopic (exact) mass is 192 g/mol. The second kappa shape index (κ2) is 3.60. The Morgan fingerprint density at radius 1 is 1.14 bits per heavy atom. The normalized spacial score (nSPS) is 11.6. The molecule has 0 aliphatic heterocycles. The third-order valence-corrected chi connectivity index (χ3v) is 2.43. The summed E-state index contributed by atoms with van der Waals surface area (Å²) in [4.78, 5) is 6.73. The Kier molecular flexibility index (Phi) is 2.84. The van der Waals surface area contributed by atoms with Gasteiger partial charge in [0, 0.05) is 18.3 Å². The van der Waals surface area contributed by atoms with E-state index in [0.717, 1.165) is 11.5 Å². The van der Waals surface area contributed by atoms with E-state index in [1.807, 2.05) is 6.92 Å². The summed E-state index contributed by atoms with van der Waals surface area (Å²) in [5, 5.41) is 0. The van der Waals surface area contributed by atoms with Gasteiger partial charge in [0.25, 0.3) is 0 Å². The highest BCUT2D eigenvalue weighted by molar-refractivity contribution is 5.43. The number of hydrogen-bond acceptors (Lipinski definition) is 2. The third-order valence-electron chi connectivity index (χ3n) is 2.43. The van der Waals surface area contributed by atoms with Crippen molar-refractivity contribution in [1.29, 1.82) is 0 Å². The molecule has 0 aliphatic rings. The fraction of sp³-hybridized carbons (Fsp3) is 0.583. The highest BCUT2D eigenvalue weighted by atomic mass is 15.2. The summed E-state index contributed by atoms with van der Waals surface area (Å²) in [7, 11) is 2.08. The fourth-order valence-corrected chi connectivity index (χ4v) is 1.34. The Morgan fingerprint density at radius 2 is 1.71 bits per heavy atom. The number of pyridine rings is 1. The number of hydrogen-bond donors (Lipinski definition) is 0. The number of aromatic nitrogens is 1. The largest absolute Gasteiger partial charge is 0.355 e. The summed E-state index contributed by atoms with van der Waals surface area (Å²) in [6.45, 7) is 10.7. The summed E-state index contributed by atoms with van der Waals surface area (Å²) in [5.41, 5.74) is 2.47. The van der Waals surface area contributed by atoms with Gasteiger partial charge in [-0.1, -0.05) is 0 Å². The van der Waals surface area contributed by atoms with Gasteiger partial charge in [0.05, 0.1) is 0 Å². The number of nitrogens with zero attached hydrogens (tertiary/aromatic N) is 2. The van der Waals surface area contributed by atoms with Crippen LogP contribution in [0.4, 0.5) is 5.82 Å². The molecule has 1 heterocycles. The van der Waals surface area contributed by atoms with Crippen LogP contribution in [-0.4, -0.2) is 17.6 Å². The quantitative estimate of drug-likeness (QED) is 0.680. The van der Waals surface area contributed by atoms with Crippen molar-refractivity contribution in [2.24, 2.45) is 0 Å². The van der Waals surface area contributed by atoms with E-state index in [1.54, 1.807) is 0 Å². The zero-order valence-corrected chi connectivity index (χ0v) is 10.0. The third kappa shape index (κ3) is 2.47. The lowest BCUT2D eigenvalue weighted by molar-refractivity contribution is 0.533. The van der Waals surface area contributed by atoms with Crippen LogP contribution in [0.1, 0.15) is 32.0 Å². The van der Waals surface area contributed by atoms with E-state index in [0.29, 0.717) is 0 Å². The summed E-state index contributed by atoms with van der Waals surface area (Å²) >= 11 is 0. The van der Waals surface area contributed by atoms with Gasteiger partial charge in [0.1, 0.15) is 5.82 Å². The van der Waals surface area contributed by atoms with Crippen molar-refractivity contribution in [3.8, 4) is 0 Å². The van der Waals surface area contributed by atoms with Gasteiger partial charge in [-0.05, 0) is 52.3 Å². The van der Waals surface area contributed by atoms with Crippen LogP contribution in [0, 0.1) is 13.8 Å². The van der Waals surface area contributed by atoms with Gasteiger partial charge in [0.15, 0.2) is 0 Å². The van der Waals surface area contributed by atoms with Crippen LogP contribution in [0.2, 0.25) is 0 Å². The first-order chi connectivity index (χ1) is 6.30. The standard InChI is InChI=1S/C12H20N2/c1-9-7-10(2)13-11(8-9)14(6)12(3,4)5/h7-8H,1-6H3. The van der Waals surface area contributed by atoms with E-state index in [9.17, 15) is 0 Å². The predicted molar refractivity (Wildman–Crippen MR) is 61.9 cm³/mol. The smallest absolute Gasteiger partial charge is 0.129 e. The van der Waals surface area contributed by atoms with Crippen molar-refractivity contribution >= 4 is 5.82 Å². The Hall–Kier alpha value is -1.05. The molecule has 0 N–H and O–H groups in total. The van der Waals surface area contributed by atoms with Crippen molar-refractivity contribution in [1.82, 2.24) is 4.98 Å². The molecule has 0 fully saturated rings. The van der Waals surface area contributed by atoms with E-state index >= 15 is 0 Å². The second-order valence-corrected chi connectivity index (χ2v) is 4.87. The molecule has 0 unspecified atom stereocenters. The Morgan fingerprint density at radius 3 is 2.14 bits per heavy atom. The number of aryl methyl sites for hydroxylation is 2. The van der Waals surface area contributed by atoms with Crippen LogP contribution < -0.4 is 4.90 Å². The van der Waals surface area contributed by atoms with E-state index in [4.69, 9.17) is 0 Å². The van der Waals surface area contributed by atoms with Crippen molar-refractivity contribution in [3.63, 3.8) is 0 Å². The van der Waals surface area contributed by atoms with Crippen LogP contribution in [0.3, 0.4) is 0 Å². The molecule has 0 spiro atoms. The summed E-state index contributed by atoms with van der Waals surface area (Å²) in [5.74, 6) is 1.05. The first kappa shape index (κ1) is 11.0. The van der Waals surface area contributed by atoms with Crippen LogP contribution in [-0.2, 0) is 0 Å². The molecular weight excluding hydrogens is 172 g/mol. The van der Waals surface area contributed by atoms with Gasteiger partial charge in [-0.2, -0.15) is 0 Å². The highest BCUT2D eigenvalue weighted by Crippen LogP contribution is 2.20. The van der Waals surface area contributed by atoms with Crippen molar-refractivity contribution < 1.29 is 0 Å². The van der Waals surface area contributed by atoms with E-state index in [-0.39, 0.29) is 5.54 Å². The average Bonchev–Trinajstić information content (AvgIpc) is 1.99. The molecule has 1 aromatic rings. The zero-order chi connectivity index (χ0) is 10.9. The van der Waals surface area contributed by atoms with E-state index in [2.05, 4.69) is 56.8 Å². The zero-order valence-electron chi connectivity index (χ0n) is 10.0. The van der Waals surface area contributed by atoms with Crippen LogP contribution in [0.15, 0.2) is 12.1 Å². The molecule has 0 saturated carbocycles. The first-order valence-corrected chi connectivity index (χ1v) is 5.00. The minimum Gasteiger partial charge on any atom is -0.355 e. The van der Waals surface area contributed by atoms with Crippen molar-refractivity contribution in [2.75, 3.05) is 11.9 Å². The molecule has 0 saturated heterocycles. The molecule has 0 amide bonds. The molecule has 0 radical (unpaired) electrons. The predicted octanol–water partition coefficient (Wildman–Crippen LogP) is 2.93. The maximum Gasteiger partial charge on any atom is 0.129 e. The lowest BCUT2D eigenvalue weighted by atomic mass is 10.1. The molecule has 0 atom stereocenters. The molecule has 0 bridgehead atoms. The topological polar surface area (TPSA) is 16.1 Å². The van der Waals surface area contributed by atoms with Gasteiger partial charge in [-0.3, -0.25) is 0 Å². The molecule has 14 heavy (non-hydrogen) atoms. The number of rotatable bonds is 1. The fourth-order valence-electron chi connectivity index (χ4n) is 1.34. The first-order valence-electron chi connectivity index (χ1n) is 5.00. The second-order valence-electron chi connectivity index (χ2n) is 4.87. The molecule has 0 aromatic carbocycles. The molecule has 1 rings (SSSR count). The molecule has 2 heteroatoms. The van der Waals surface area contributed by atoms with Crippen LogP contribution in [0.5, 0.6) is 0 Å². The summed E-state index contributed by atoms with van der Waals surface area (Å²) in [6.07, 6.45) is 0. The van der Waals surface area contributed by atoms with Crippen molar-refractivity contribution in [2.45, 2.75) is 40.2 Å².